The van der Waals surface area contributed by atoms with Crippen molar-refractivity contribution in [2.75, 3.05) is 72.8 Å². The SMILES string of the molecule is Cc1c(Cl)c2c(Cl)c(C)c1-c1c(-c3ccc(F)cc3)sc3ncnc(c13)O[C@@H](OC=O)Cc1cc(ccc1OCc1ccnc(C3COCCOC3)n1)OC[C@@H](CN1CCN(C)CC1)O2. The lowest BCUT2D eigenvalue weighted by Crippen LogP contribution is -2.49. The third kappa shape index (κ3) is 9.99. The second-order valence-corrected chi connectivity index (χ2v) is 18.0. The number of carbonyl (C=O) groups is 1. The summed E-state index contributed by atoms with van der Waals surface area (Å²) in [6.45, 7) is 10.4. The number of rotatable bonds is 9. The number of benzene rings is 3. The molecule has 2 saturated heterocycles. The first-order valence-electron chi connectivity index (χ1n) is 21.3. The van der Waals surface area contributed by atoms with E-state index in [0.29, 0.717) is 116 Å². The molecule has 0 unspecified atom stereocenters. The average molecular weight is 946 g/mol. The summed E-state index contributed by atoms with van der Waals surface area (Å²) in [5.74, 6) is 1.59. The Balaban J connectivity index is 1.15. The van der Waals surface area contributed by atoms with Gasteiger partial charge in [0.1, 0.15) is 53.6 Å². The van der Waals surface area contributed by atoms with Gasteiger partial charge in [0.15, 0.2) is 5.75 Å². The van der Waals surface area contributed by atoms with Crippen LogP contribution in [0.3, 0.4) is 0 Å². The van der Waals surface area contributed by atoms with Gasteiger partial charge in [-0.05, 0) is 79.5 Å². The highest BCUT2D eigenvalue weighted by molar-refractivity contribution is 7.22. The molecule has 0 amide bonds. The van der Waals surface area contributed by atoms with Crippen LogP contribution in [0, 0.1) is 19.7 Å². The van der Waals surface area contributed by atoms with Crippen LogP contribution in [0.5, 0.6) is 23.1 Å². The molecule has 14 nitrogen and oxygen atoms in total. The largest absolute Gasteiger partial charge is 0.490 e. The van der Waals surface area contributed by atoms with E-state index in [4.69, 9.17) is 61.3 Å². The summed E-state index contributed by atoms with van der Waals surface area (Å²) in [5, 5.41) is 1.17. The number of carbonyl (C=O) groups excluding carboxylic acids is 1. The lowest BCUT2D eigenvalue weighted by atomic mass is 9.92. The van der Waals surface area contributed by atoms with Crippen LogP contribution in [0.1, 0.15) is 34.1 Å². The number of nitrogens with zero attached hydrogens (tertiary/aromatic N) is 6. The standard InChI is InChI=1S/C47H47Cl2FN6O8S/c1-27-38-28(2)42(49)43(41(27)48)63-35(20-56-14-12-55(3)13-15-56)24-60-34-8-9-36(61-23-33-10-11-51-45(54-33)31-21-58-16-17-59-22-31)30(18-34)19-37(62-26-57)64-46-40-39(38)44(65-47(40)53-25-52-46)29-4-6-32(50)7-5-29/h4-11,18,25-26,31,35,37H,12-17,19-24H2,1-3H3/t35-,37-/m1/s1. The van der Waals surface area contributed by atoms with Crippen LogP contribution in [0.25, 0.3) is 31.8 Å². The molecule has 65 heavy (non-hydrogen) atoms. The van der Waals surface area contributed by atoms with Crippen molar-refractivity contribution in [3.8, 4) is 44.7 Å². The second-order valence-electron chi connectivity index (χ2n) is 16.2. The van der Waals surface area contributed by atoms with E-state index < -0.39 is 12.4 Å². The summed E-state index contributed by atoms with van der Waals surface area (Å²) in [5.41, 5.74) is 4.73. The van der Waals surface area contributed by atoms with Gasteiger partial charge >= 0.3 is 0 Å². The van der Waals surface area contributed by atoms with Crippen molar-refractivity contribution < 1.29 is 42.3 Å². The fraction of sp³-hybridized carbons (Fsp3) is 0.383. The van der Waals surface area contributed by atoms with Crippen LogP contribution in [0.15, 0.2) is 61.1 Å². The van der Waals surface area contributed by atoms with Gasteiger partial charge in [-0.1, -0.05) is 35.3 Å². The van der Waals surface area contributed by atoms with Crippen molar-refractivity contribution in [1.29, 1.82) is 0 Å². The van der Waals surface area contributed by atoms with Gasteiger partial charge < -0.3 is 38.1 Å². The summed E-state index contributed by atoms with van der Waals surface area (Å²) in [6.07, 6.45) is 1.40. The Morgan fingerprint density at radius 3 is 2.40 bits per heavy atom. The van der Waals surface area contributed by atoms with Crippen LogP contribution in [-0.2, 0) is 32.0 Å². The first-order chi connectivity index (χ1) is 31.6. The number of likely N-dealkylation sites (N-methyl/N-ethyl adjacent to an activating group) is 1. The van der Waals surface area contributed by atoms with Gasteiger partial charge in [-0.3, -0.25) is 9.69 Å². The molecule has 0 aliphatic carbocycles. The molecule has 6 aromatic rings. The van der Waals surface area contributed by atoms with E-state index in [1.807, 2.05) is 26.0 Å². The topological polar surface area (TPSA) is 140 Å². The number of fused-ring (bicyclic) bond motifs is 7. The number of thiophene rings is 1. The second kappa shape index (κ2) is 20.1. The number of piperazine rings is 1. The Morgan fingerprint density at radius 1 is 0.908 bits per heavy atom. The summed E-state index contributed by atoms with van der Waals surface area (Å²) >= 11 is 16.0. The minimum absolute atomic E-state index is 0.0259. The van der Waals surface area contributed by atoms with Crippen molar-refractivity contribution in [3.63, 3.8) is 0 Å². The van der Waals surface area contributed by atoms with E-state index in [9.17, 15) is 9.18 Å². The number of halogens is 3. The Labute approximate surface area is 389 Å². The lowest BCUT2D eigenvalue weighted by Gasteiger charge is -2.35. The van der Waals surface area contributed by atoms with Gasteiger partial charge in [-0.25, -0.2) is 24.3 Å². The number of ether oxygens (including phenoxy) is 7. The van der Waals surface area contributed by atoms with E-state index in [-0.39, 0.29) is 37.2 Å². The summed E-state index contributed by atoms with van der Waals surface area (Å²) in [4.78, 5) is 36.7. The first-order valence-corrected chi connectivity index (χ1v) is 22.9. The molecule has 7 heterocycles. The van der Waals surface area contributed by atoms with Crippen molar-refractivity contribution in [3.05, 3.63) is 105 Å². The molecule has 4 aliphatic rings. The molecule has 4 bridgehead atoms. The van der Waals surface area contributed by atoms with E-state index in [1.54, 1.807) is 30.5 Å². The third-order valence-electron chi connectivity index (χ3n) is 11.7. The molecular weight excluding hydrogens is 899 g/mol. The monoisotopic (exact) mass is 944 g/mol. The summed E-state index contributed by atoms with van der Waals surface area (Å²) in [7, 11) is 2.11. The molecule has 0 N–H and O–H groups in total. The number of aromatic nitrogens is 4. The molecule has 2 fully saturated rings. The molecule has 3 aromatic carbocycles. The molecule has 0 spiro atoms. The molecule has 340 valence electrons. The van der Waals surface area contributed by atoms with Crippen LogP contribution in [0.4, 0.5) is 4.39 Å². The van der Waals surface area contributed by atoms with E-state index >= 15 is 0 Å². The molecule has 0 radical (unpaired) electrons. The van der Waals surface area contributed by atoms with Gasteiger partial charge in [-0.15, -0.1) is 11.3 Å². The van der Waals surface area contributed by atoms with E-state index in [2.05, 4.69) is 31.8 Å². The normalized spacial score (nSPS) is 18.9. The molecule has 3 aromatic heterocycles. The minimum atomic E-state index is -1.20. The van der Waals surface area contributed by atoms with Gasteiger partial charge in [0.25, 0.3) is 6.47 Å². The zero-order valence-electron chi connectivity index (χ0n) is 36.1. The van der Waals surface area contributed by atoms with Crippen molar-refractivity contribution >= 4 is 51.2 Å². The Morgan fingerprint density at radius 2 is 1.66 bits per heavy atom. The maximum absolute atomic E-state index is 14.4. The van der Waals surface area contributed by atoms with Crippen molar-refractivity contribution in [1.82, 2.24) is 29.7 Å². The fourth-order valence-electron chi connectivity index (χ4n) is 8.29. The van der Waals surface area contributed by atoms with Crippen molar-refractivity contribution in [2.24, 2.45) is 0 Å². The van der Waals surface area contributed by atoms with Crippen LogP contribution < -0.4 is 18.9 Å². The highest BCUT2D eigenvalue weighted by Gasteiger charge is 2.31. The van der Waals surface area contributed by atoms with E-state index in [0.717, 1.165) is 36.6 Å². The number of hydrogen-bond donors (Lipinski definition) is 0. The smallest absolute Gasteiger partial charge is 0.296 e. The first kappa shape index (κ1) is 45.0. The Bertz CT molecular complexity index is 2630. The van der Waals surface area contributed by atoms with E-state index in [1.165, 1.54) is 29.8 Å². The maximum atomic E-state index is 14.4. The highest BCUT2D eigenvalue weighted by Crippen LogP contribution is 2.53. The van der Waals surface area contributed by atoms with Gasteiger partial charge in [0, 0.05) is 54.9 Å². The van der Waals surface area contributed by atoms with Crippen LogP contribution in [-0.4, -0.2) is 121 Å². The summed E-state index contributed by atoms with van der Waals surface area (Å²) in [6, 6.07) is 13.5. The number of hydrogen-bond acceptors (Lipinski definition) is 15. The van der Waals surface area contributed by atoms with Gasteiger partial charge in [0.2, 0.25) is 12.2 Å². The Hall–Kier alpha value is -5.20. The highest BCUT2D eigenvalue weighted by atomic mass is 35.5. The zero-order valence-corrected chi connectivity index (χ0v) is 38.4. The minimum Gasteiger partial charge on any atom is -0.490 e. The predicted molar refractivity (Wildman–Crippen MR) is 244 cm³/mol. The molecular formula is C47H47Cl2FN6O8S. The molecule has 18 heteroatoms. The fourth-order valence-corrected chi connectivity index (χ4v) is 9.95. The zero-order chi connectivity index (χ0) is 45.0. The summed E-state index contributed by atoms with van der Waals surface area (Å²) < 4.78 is 57.9. The average Bonchev–Trinajstić information content (AvgIpc) is 3.47. The Kier molecular flexibility index (Phi) is 13.9. The molecule has 10 rings (SSSR count). The van der Waals surface area contributed by atoms with Crippen LogP contribution >= 0.6 is 34.5 Å². The van der Waals surface area contributed by atoms with Gasteiger partial charge in [0.05, 0.1) is 59.9 Å². The predicted octanol–water partition coefficient (Wildman–Crippen LogP) is 8.10. The molecule has 0 saturated carbocycles. The van der Waals surface area contributed by atoms with Gasteiger partial charge in [-0.2, -0.15) is 0 Å². The van der Waals surface area contributed by atoms with Crippen LogP contribution in [0.2, 0.25) is 10.0 Å². The quantitative estimate of drug-likeness (QED) is 0.129. The third-order valence-corrected chi connectivity index (χ3v) is 13.8. The molecule has 4 aliphatic heterocycles. The van der Waals surface area contributed by atoms with Crippen molar-refractivity contribution in [2.45, 2.75) is 45.2 Å². The maximum Gasteiger partial charge on any atom is 0.296 e. The lowest BCUT2D eigenvalue weighted by molar-refractivity contribution is -0.147. The molecule has 2 atom stereocenters.